The summed E-state index contributed by atoms with van der Waals surface area (Å²) in [5.74, 6) is 0.664. The second-order valence-electron chi connectivity index (χ2n) is 9.04. The van der Waals surface area contributed by atoms with Crippen molar-refractivity contribution >= 4 is 17.5 Å². The lowest BCUT2D eigenvalue weighted by molar-refractivity contribution is -0.137. The monoisotopic (exact) mass is 494 g/mol. The fourth-order valence-electron chi connectivity index (χ4n) is 4.25. The number of rotatable bonds is 10. The number of aryl methyl sites for hydroxylation is 3. The lowest BCUT2D eigenvalue weighted by atomic mass is 9.99. The van der Waals surface area contributed by atoms with E-state index in [-0.39, 0.29) is 0 Å². The van der Waals surface area contributed by atoms with E-state index in [4.69, 9.17) is 0 Å². The van der Waals surface area contributed by atoms with E-state index in [0.717, 1.165) is 50.8 Å². The van der Waals surface area contributed by atoms with Crippen LogP contribution in [0.5, 0.6) is 0 Å². The highest BCUT2D eigenvalue weighted by atomic mass is 16.4. The summed E-state index contributed by atoms with van der Waals surface area (Å²) in [6.07, 6.45) is 4.57. The quantitative estimate of drug-likeness (QED) is 0.237. The van der Waals surface area contributed by atoms with Crippen LogP contribution in [0.2, 0.25) is 0 Å². The molecule has 0 amide bonds. The Balaban J connectivity index is 1.43. The van der Waals surface area contributed by atoms with Crippen LogP contribution in [0, 0.1) is 25.2 Å². The number of pyridine rings is 1. The Labute approximate surface area is 216 Å². The molecule has 0 bridgehead atoms. The summed E-state index contributed by atoms with van der Waals surface area (Å²) in [7, 11) is 0. The third-order valence-corrected chi connectivity index (χ3v) is 6.23. The number of hydrogen-bond donors (Lipinski definition) is 4. The second kappa shape index (κ2) is 11.4. The minimum Gasteiger partial charge on any atom is -0.480 e. The Bertz CT molecular complexity index is 1440. The Hall–Kier alpha value is -4.64. The molecule has 8 nitrogen and oxygen atoms in total. The molecule has 2 aromatic carbocycles. The average molecular weight is 495 g/mol. The standard InChI is InChI=1S/C29H30N6O2/c1-4-22-13-21(15-30)12-19(3)28(22)35-24(29(36)37)14-20-5-7-23(8-6-20)25-16-32-27(34-25)17-33-26-11-18(2)9-10-31-26/h5-13,16,24,35H,4,14,17H2,1-3H3,(H,31,33)(H,32,34)(H,36,37). The van der Waals surface area contributed by atoms with Gasteiger partial charge in [0.25, 0.3) is 0 Å². The zero-order valence-corrected chi connectivity index (χ0v) is 21.2. The van der Waals surface area contributed by atoms with Gasteiger partial charge in [0.15, 0.2) is 0 Å². The summed E-state index contributed by atoms with van der Waals surface area (Å²) in [6.45, 7) is 6.43. The van der Waals surface area contributed by atoms with Gasteiger partial charge >= 0.3 is 5.97 Å². The lowest BCUT2D eigenvalue weighted by Crippen LogP contribution is -2.32. The van der Waals surface area contributed by atoms with Crippen molar-refractivity contribution in [3.63, 3.8) is 0 Å². The molecule has 0 spiro atoms. The van der Waals surface area contributed by atoms with Crippen LogP contribution in [0.1, 0.15) is 40.6 Å². The van der Waals surface area contributed by atoms with Gasteiger partial charge in [-0.2, -0.15) is 5.26 Å². The Morgan fingerprint density at radius 3 is 2.59 bits per heavy atom. The molecule has 0 aliphatic heterocycles. The van der Waals surface area contributed by atoms with Crippen molar-refractivity contribution in [2.24, 2.45) is 0 Å². The van der Waals surface area contributed by atoms with Crippen LogP contribution in [0.4, 0.5) is 11.5 Å². The fourth-order valence-corrected chi connectivity index (χ4v) is 4.25. The van der Waals surface area contributed by atoms with Crippen molar-refractivity contribution in [2.75, 3.05) is 10.6 Å². The Morgan fingerprint density at radius 2 is 1.92 bits per heavy atom. The molecule has 0 saturated carbocycles. The number of carboxylic acids is 1. The smallest absolute Gasteiger partial charge is 0.326 e. The molecule has 2 aromatic heterocycles. The summed E-state index contributed by atoms with van der Waals surface area (Å²) in [5, 5.41) is 25.6. The first-order valence-electron chi connectivity index (χ1n) is 12.2. The number of hydrogen-bond acceptors (Lipinski definition) is 6. The maximum atomic E-state index is 12.1. The van der Waals surface area contributed by atoms with Gasteiger partial charge in [0.2, 0.25) is 0 Å². The predicted molar refractivity (Wildman–Crippen MR) is 144 cm³/mol. The fraction of sp³-hybridized carbons (Fsp3) is 0.241. The number of nitrogens with zero attached hydrogens (tertiary/aromatic N) is 3. The molecule has 1 unspecified atom stereocenters. The Morgan fingerprint density at radius 1 is 1.14 bits per heavy atom. The van der Waals surface area contributed by atoms with Crippen molar-refractivity contribution in [1.82, 2.24) is 15.0 Å². The third kappa shape index (κ3) is 6.33. The van der Waals surface area contributed by atoms with Crippen LogP contribution in [-0.4, -0.2) is 32.1 Å². The van der Waals surface area contributed by atoms with E-state index in [9.17, 15) is 15.2 Å². The van der Waals surface area contributed by atoms with Gasteiger partial charge in [-0.25, -0.2) is 14.8 Å². The van der Waals surface area contributed by atoms with Gasteiger partial charge in [-0.05, 0) is 72.4 Å². The summed E-state index contributed by atoms with van der Waals surface area (Å²) >= 11 is 0. The molecule has 8 heteroatoms. The molecule has 0 radical (unpaired) electrons. The molecule has 0 saturated heterocycles. The van der Waals surface area contributed by atoms with E-state index in [1.165, 1.54) is 0 Å². The van der Waals surface area contributed by atoms with Crippen LogP contribution in [0.3, 0.4) is 0 Å². The SMILES string of the molecule is CCc1cc(C#N)cc(C)c1NC(Cc1ccc(-c2cnc(CNc3cc(C)ccn3)[nH]2)cc1)C(=O)O. The van der Waals surface area contributed by atoms with E-state index in [0.29, 0.717) is 24.9 Å². The largest absolute Gasteiger partial charge is 0.480 e. The lowest BCUT2D eigenvalue weighted by Gasteiger charge is -2.20. The molecule has 4 rings (SSSR count). The number of benzene rings is 2. The maximum absolute atomic E-state index is 12.1. The summed E-state index contributed by atoms with van der Waals surface area (Å²) in [6, 6.07) is 16.7. The minimum absolute atomic E-state index is 0.319. The summed E-state index contributed by atoms with van der Waals surface area (Å²) in [4.78, 5) is 24.2. The first-order valence-corrected chi connectivity index (χ1v) is 12.2. The molecular formula is C29H30N6O2. The average Bonchev–Trinajstić information content (AvgIpc) is 3.37. The second-order valence-corrected chi connectivity index (χ2v) is 9.04. The number of carbonyl (C=O) groups is 1. The Kier molecular flexibility index (Phi) is 7.84. The number of aliphatic carboxylic acids is 1. The van der Waals surface area contributed by atoms with Crippen LogP contribution >= 0.6 is 0 Å². The molecule has 4 N–H and O–H groups in total. The summed E-state index contributed by atoms with van der Waals surface area (Å²) < 4.78 is 0. The summed E-state index contributed by atoms with van der Waals surface area (Å²) in [5.41, 5.74) is 7.04. The van der Waals surface area contributed by atoms with E-state index < -0.39 is 12.0 Å². The topological polar surface area (TPSA) is 127 Å². The van der Waals surface area contributed by atoms with E-state index in [1.54, 1.807) is 18.5 Å². The molecule has 2 heterocycles. The molecular weight excluding hydrogens is 464 g/mol. The van der Waals surface area contributed by atoms with Gasteiger partial charge in [-0.1, -0.05) is 31.2 Å². The first kappa shape index (κ1) is 25.5. The van der Waals surface area contributed by atoms with Crippen LogP contribution in [0.25, 0.3) is 11.3 Å². The van der Waals surface area contributed by atoms with Gasteiger partial charge in [0, 0.05) is 18.3 Å². The van der Waals surface area contributed by atoms with Gasteiger partial charge < -0.3 is 20.7 Å². The van der Waals surface area contributed by atoms with Crippen LogP contribution in [-0.2, 0) is 24.2 Å². The molecule has 0 fully saturated rings. The number of imidazole rings is 1. The van der Waals surface area contributed by atoms with Gasteiger partial charge in [-0.15, -0.1) is 0 Å². The number of aromatic nitrogens is 3. The van der Waals surface area contributed by atoms with Gasteiger partial charge in [0.1, 0.15) is 17.7 Å². The number of nitrogens with one attached hydrogen (secondary N) is 3. The van der Waals surface area contributed by atoms with Crippen molar-refractivity contribution < 1.29 is 9.90 Å². The maximum Gasteiger partial charge on any atom is 0.326 e. The number of nitriles is 1. The number of H-pyrrole nitrogens is 1. The molecule has 0 aliphatic rings. The van der Waals surface area contributed by atoms with Crippen molar-refractivity contribution in [1.29, 1.82) is 5.26 Å². The molecule has 0 aliphatic carbocycles. The number of anilines is 2. The third-order valence-electron chi connectivity index (χ3n) is 6.23. The molecule has 37 heavy (non-hydrogen) atoms. The highest BCUT2D eigenvalue weighted by Crippen LogP contribution is 2.25. The number of aromatic amines is 1. The van der Waals surface area contributed by atoms with Crippen LogP contribution in [0.15, 0.2) is 60.9 Å². The van der Waals surface area contributed by atoms with E-state index in [1.807, 2.05) is 63.2 Å². The first-order chi connectivity index (χ1) is 17.9. The highest BCUT2D eigenvalue weighted by Gasteiger charge is 2.20. The normalized spacial score (nSPS) is 11.5. The number of carboxylic acid groups (broad SMARTS) is 1. The van der Waals surface area contributed by atoms with Gasteiger partial charge in [0.05, 0.1) is 30.1 Å². The van der Waals surface area contributed by atoms with Crippen molar-refractivity contribution in [3.8, 4) is 17.3 Å². The molecule has 188 valence electrons. The van der Waals surface area contributed by atoms with E-state index >= 15 is 0 Å². The minimum atomic E-state index is -0.927. The molecule has 4 aromatic rings. The van der Waals surface area contributed by atoms with E-state index in [2.05, 4.69) is 31.7 Å². The van der Waals surface area contributed by atoms with Crippen LogP contribution < -0.4 is 10.6 Å². The zero-order valence-electron chi connectivity index (χ0n) is 21.2. The van der Waals surface area contributed by atoms with Crippen molar-refractivity contribution in [2.45, 2.75) is 46.2 Å². The van der Waals surface area contributed by atoms with Crippen molar-refractivity contribution in [3.05, 3.63) is 94.6 Å². The molecule has 1 atom stereocenters. The zero-order chi connectivity index (χ0) is 26.4. The predicted octanol–water partition coefficient (Wildman–Crippen LogP) is 5.24. The highest BCUT2D eigenvalue weighted by molar-refractivity contribution is 5.79. The van der Waals surface area contributed by atoms with Gasteiger partial charge in [-0.3, -0.25) is 0 Å².